The number of ether oxygens (including phenoxy) is 1. The summed E-state index contributed by atoms with van der Waals surface area (Å²) in [5.41, 5.74) is -0.00853. The van der Waals surface area contributed by atoms with Gasteiger partial charge in [0.25, 0.3) is 0 Å². The highest BCUT2D eigenvalue weighted by Gasteiger charge is 2.07. The predicted octanol–water partition coefficient (Wildman–Crippen LogP) is 1.92. The van der Waals surface area contributed by atoms with Crippen LogP contribution in [0.1, 0.15) is 12.8 Å². The molecule has 0 saturated heterocycles. The van der Waals surface area contributed by atoms with E-state index >= 15 is 0 Å². The van der Waals surface area contributed by atoms with Crippen molar-refractivity contribution in [2.24, 2.45) is 0 Å². The zero-order valence-electron chi connectivity index (χ0n) is 10.8. The maximum absolute atomic E-state index is 13.3. The molecule has 0 aliphatic rings. The van der Waals surface area contributed by atoms with Crippen molar-refractivity contribution < 1.29 is 18.3 Å². The molecule has 0 aromatic heterocycles. The van der Waals surface area contributed by atoms with Gasteiger partial charge in [-0.05, 0) is 25.1 Å². The van der Waals surface area contributed by atoms with Crippen LogP contribution < -0.4 is 10.6 Å². The van der Waals surface area contributed by atoms with E-state index in [-0.39, 0.29) is 18.0 Å². The van der Waals surface area contributed by atoms with Gasteiger partial charge in [-0.1, -0.05) is 0 Å². The Morgan fingerprint density at radius 3 is 2.79 bits per heavy atom. The molecule has 0 fully saturated rings. The van der Waals surface area contributed by atoms with Crippen molar-refractivity contribution >= 4 is 11.6 Å². The maximum atomic E-state index is 13.3. The molecule has 0 aliphatic carbocycles. The van der Waals surface area contributed by atoms with Crippen molar-refractivity contribution in [2.75, 3.05) is 32.1 Å². The fourth-order valence-electron chi connectivity index (χ4n) is 1.47. The molecule has 2 N–H and O–H groups in total. The lowest BCUT2D eigenvalue weighted by Gasteiger charge is -2.07. The van der Waals surface area contributed by atoms with Crippen molar-refractivity contribution in [3.8, 4) is 0 Å². The van der Waals surface area contributed by atoms with E-state index in [0.717, 1.165) is 25.1 Å². The number of halogens is 2. The number of nitrogens with one attached hydrogen (secondary N) is 2. The van der Waals surface area contributed by atoms with Gasteiger partial charge in [0.1, 0.15) is 11.6 Å². The third kappa shape index (κ3) is 6.26. The third-order valence-corrected chi connectivity index (χ3v) is 2.44. The molecule has 0 spiro atoms. The van der Waals surface area contributed by atoms with Gasteiger partial charge >= 0.3 is 0 Å². The molecule has 106 valence electrons. The standard InChI is InChI=1S/C13H18F2N2O2/c1-19-8-2-6-16-7-5-13(18)17-12-4-3-10(14)9-11(12)15/h3-4,9,16H,2,5-8H2,1H3,(H,17,18). The Labute approximate surface area is 111 Å². The zero-order valence-corrected chi connectivity index (χ0v) is 10.8. The quantitative estimate of drug-likeness (QED) is 0.711. The van der Waals surface area contributed by atoms with Crippen molar-refractivity contribution in [3.63, 3.8) is 0 Å². The molecular formula is C13H18F2N2O2. The molecule has 0 atom stereocenters. The fraction of sp³-hybridized carbons (Fsp3) is 0.462. The number of benzene rings is 1. The second-order valence-corrected chi connectivity index (χ2v) is 4.02. The van der Waals surface area contributed by atoms with E-state index in [0.29, 0.717) is 13.2 Å². The van der Waals surface area contributed by atoms with Crippen LogP contribution in [0.5, 0.6) is 0 Å². The molecular weight excluding hydrogens is 254 g/mol. The van der Waals surface area contributed by atoms with E-state index in [2.05, 4.69) is 10.6 Å². The van der Waals surface area contributed by atoms with Crippen LogP contribution in [0.2, 0.25) is 0 Å². The van der Waals surface area contributed by atoms with E-state index < -0.39 is 11.6 Å². The summed E-state index contributed by atoms with van der Waals surface area (Å²) in [4.78, 5) is 11.5. The van der Waals surface area contributed by atoms with Crippen LogP contribution >= 0.6 is 0 Å². The number of hydrogen-bond donors (Lipinski definition) is 2. The topological polar surface area (TPSA) is 50.4 Å². The summed E-state index contributed by atoms with van der Waals surface area (Å²) in [6.07, 6.45) is 1.09. The molecule has 4 nitrogen and oxygen atoms in total. The number of hydrogen-bond acceptors (Lipinski definition) is 3. The maximum Gasteiger partial charge on any atom is 0.225 e. The summed E-state index contributed by atoms with van der Waals surface area (Å²) in [6, 6.07) is 3.04. The lowest BCUT2D eigenvalue weighted by molar-refractivity contribution is -0.116. The Morgan fingerprint density at radius 2 is 2.11 bits per heavy atom. The normalized spacial score (nSPS) is 10.5. The summed E-state index contributed by atoms with van der Waals surface area (Å²) in [7, 11) is 1.63. The van der Waals surface area contributed by atoms with Crippen LogP contribution in [0.25, 0.3) is 0 Å². The first-order valence-electron chi connectivity index (χ1n) is 6.08. The van der Waals surface area contributed by atoms with E-state index in [9.17, 15) is 13.6 Å². The van der Waals surface area contributed by atoms with Crippen LogP contribution in [0.15, 0.2) is 18.2 Å². The SMILES string of the molecule is COCCCNCCC(=O)Nc1ccc(F)cc1F. The molecule has 0 saturated carbocycles. The summed E-state index contributed by atoms with van der Waals surface area (Å²) in [5, 5.41) is 5.46. The van der Waals surface area contributed by atoms with Gasteiger partial charge in [0.05, 0.1) is 5.69 Å². The van der Waals surface area contributed by atoms with Gasteiger partial charge in [-0.3, -0.25) is 4.79 Å². The van der Waals surface area contributed by atoms with Gasteiger partial charge in [-0.2, -0.15) is 0 Å². The Hall–Kier alpha value is -1.53. The molecule has 0 radical (unpaired) electrons. The monoisotopic (exact) mass is 272 g/mol. The van der Waals surface area contributed by atoms with Crippen LogP contribution in [0.3, 0.4) is 0 Å². The number of carbonyl (C=O) groups is 1. The Kier molecular flexibility index (Phi) is 6.99. The highest BCUT2D eigenvalue weighted by Crippen LogP contribution is 2.14. The number of amides is 1. The van der Waals surface area contributed by atoms with Gasteiger partial charge in [-0.15, -0.1) is 0 Å². The Morgan fingerprint density at radius 1 is 1.32 bits per heavy atom. The van der Waals surface area contributed by atoms with E-state index in [4.69, 9.17) is 4.74 Å². The summed E-state index contributed by atoms with van der Waals surface area (Å²) < 4.78 is 30.8. The minimum Gasteiger partial charge on any atom is -0.385 e. The lowest BCUT2D eigenvalue weighted by atomic mass is 10.3. The second-order valence-electron chi connectivity index (χ2n) is 4.02. The fourth-order valence-corrected chi connectivity index (χ4v) is 1.47. The second kappa shape index (κ2) is 8.55. The molecule has 1 rings (SSSR count). The van der Waals surface area contributed by atoms with E-state index in [1.165, 1.54) is 6.07 Å². The van der Waals surface area contributed by atoms with Crippen molar-refractivity contribution in [2.45, 2.75) is 12.8 Å². The van der Waals surface area contributed by atoms with Crippen LogP contribution in [-0.4, -0.2) is 32.7 Å². The lowest BCUT2D eigenvalue weighted by Crippen LogP contribution is -2.23. The first kappa shape index (κ1) is 15.5. The Balaban J connectivity index is 2.23. The molecule has 1 aromatic carbocycles. The zero-order chi connectivity index (χ0) is 14.1. The van der Waals surface area contributed by atoms with Gasteiger partial charge < -0.3 is 15.4 Å². The highest BCUT2D eigenvalue weighted by molar-refractivity contribution is 5.90. The van der Waals surface area contributed by atoms with Crippen molar-refractivity contribution in [1.82, 2.24) is 5.32 Å². The molecule has 1 amide bonds. The van der Waals surface area contributed by atoms with Crippen molar-refractivity contribution in [1.29, 1.82) is 0 Å². The average molecular weight is 272 g/mol. The number of carbonyl (C=O) groups excluding carboxylic acids is 1. The molecule has 0 heterocycles. The van der Waals surface area contributed by atoms with Gasteiger partial charge in [0.2, 0.25) is 5.91 Å². The van der Waals surface area contributed by atoms with Crippen molar-refractivity contribution in [3.05, 3.63) is 29.8 Å². The highest BCUT2D eigenvalue weighted by atomic mass is 19.1. The first-order chi connectivity index (χ1) is 9.13. The van der Waals surface area contributed by atoms with Gasteiger partial charge in [0.15, 0.2) is 0 Å². The molecule has 0 unspecified atom stereocenters. The number of methoxy groups -OCH3 is 1. The van der Waals surface area contributed by atoms with Gasteiger partial charge in [-0.25, -0.2) is 8.78 Å². The number of rotatable bonds is 8. The minimum atomic E-state index is -0.776. The predicted molar refractivity (Wildman–Crippen MR) is 69.0 cm³/mol. The van der Waals surface area contributed by atoms with Crippen LogP contribution in [0.4, 0.5) is 14.5 Å². The van der Waals surface area contributed by atoms with E-state index in [1.54, 1.807) is 7.11 Å². The van der Waals surface area contributed by atoms with Gasteiger partial charge in [0, 0.05) is 32.7 Å². The molecule has 0 bridgehead atoms. The summed E-state index contributed by atoms with van der Waals surface area (Å²) in [5.74, 6) is -1.76. The minimum absolute atomic E-state index is 0.00853. The molecule has 0 aliphatic heterocycles. The third-order valence-electron chi connectivity index (χ3n) is 2.44. The largest absolute Gasteiger partial charge is 0.385 e. The first-order valence-corrected chi connectivity index (χ1v) is 6.08. The molecule has 1 aromatic rings. The Bertz CT molecular complexity index is 414. The molecule has 6 heteroatoms. The van der Waals surface area contributed by atoms with Crippen LogP contribution in [0, 0.1) is 11.6 Å². The number of anilines is 1. The summed E-state index contributed by atoms with van der Waals surface area (Å²) >= 11 is 0. The van der Waals surface area contributed by atoms with E-state index in [1.807, 2.05) is 0 Å². The summed E-state index contributed by atoms with van der Waals surface area (Å²) in [6.45, 7) is 1.92. The molecule has 19 heavy (non-hydrogen) atoms. The smallest absolute Gasteiger partial charge is 0.225 e. The van der Waals surface area contributed by atoms with Crippen LogP contribution in [-0.2, 0) is 9.53 Å². The average Bonchev–Trinajstić information content (AvgIpc) is 2.37.